The van der Waals surface area contributed by atoms with Crippen LogP contribution in [0.1, 0.15) is 29.3 Å². The molecule has 0 N–H and O–H groups in total. The van der Waals surface area contributed by atoms with Gasteiger partial charge in [0.05, 0.1) is 0 Å². The number of carbonyl (C=O) groups excluding carboxylic acids is 2. The molecule has 2 aromatic carbocycles. The smallest absolute Gasteiger partial charge is 0.264 e. The van der Waals surface area contributed by atoms with Crippen LogP contribution in [0.2, 0.25) is 5.02 Å². The van der Waals surface area contributed by atoms with Crippen molar-refractivity contribution in [3.05, 3.63) is 58.6 Å². The lowest BCUT2D eigenvalue weighted by molar-refractivity contribution is -0.120. The lowest BCUT2D eigenvalue weighted by Gasteiger charge is -2.29. The topological polar surface area (TPSA) is 46.6 Å². The van der Waals surface area contributed by atoms with Crippen molar-refractivity contribution >= 4 is 29.0 Å². The summed E-state index contributed by atoms with van der Waals surface area (Å²) in [5.41, 5.74) is 2.52. The second kappa shape index (κ2) is 7.05. The number of hydrogen-bond donors (Lipinski definition) is 0. The molecule has 0 fully saturated rings. The van der Waals surface area contributed by atoms with Crippen LogP contribution in [0.25, 0.3) is 0 Å². The van der Waals surface area contributed by atoms with Gasteiger partial charge in [0.15, 0.2) is 12.4 Å². The van der Waals surface area contributed by atoms with Gasteiger partial charge in [0, 0.05) is 22.8 Å². The average Bonchev–Trinajstić information content (AvgIpc) is 2.60. The number of ether oxygens (including phenoxy) is 1. The number of hydrogen-bond acceptors (Lipinski definition) is 3. The number of amides is 1. The molecule has 0 aliphatic carbocycles. The highest BCUT2D eigenvalue weighted by Crippen LogP contribution is 2.28. The Morgan fingerprint density at radius 3 is 2.62 bits per heavy atom. The number of nitrogens with zero attached hydrogens (tertiary/aromatic N) is 1. The largest absolute Gasteiger partial charge is 0.484 e. The minimum Gasteiger partial charge on any atom is -0.484 e. The highest BCUT2D eigenvalue weighted by molar-refractivity contribution is 6.30. The zero-order chi connectivity index (χ0) is 17.1. The fraction of sp³-hybridized carbons (Fsp3) is 0.263. The summed E-state index contributed by atoms with van der Waals surface area (Å²) in [7, 11) is 0. The van der Waals surface area contributed by atoms with Gasteiger partial charge < -0.3 is 9.64 Å². The Hall–Kier alpha value is -2.33. The molecule has 0 aromatic heterocycles. The summed E-state index contributed by atoms with van der Waals surface area (Å²) in [6.45, 7) is 2.11. The summed E-state index contributed by atoms with van der Waals surface area (Å²) in [5, 5.41) is 0.621. The Balaban J connectivity index is 1.75. The van der Waals surface area contributed by atoms with Gasteiger partial charge in [-0.25, -0.2) is 0 Å². The molecule has 1 amide bonds. The maximum absolute atomic E-state index is 12.6. The number of fused-ring (bicyclic) bond motifs is 1. The fourth-order valence-corrected chi connectivity index (χ4v) is 2.93. The summed E-state index contributed by atoms with van der Waals surface area (Å²) in [6.07, 6.45) is 1.81. The molecule has 0 saturated carbocycles. The first kappa shape index (κ1) is 16.5. The Kier molecular flexibility index (Phi) is 4.86. The van der Waals surface area contributed by atoms with Gasteiger partial charge in [-0.15, -0.1) is 0 Å². The van der Waals surface area contributed by atoms with Crippen molar-refractivity contribution in [3.8, 4) is 5.75 Å². The Morgan fingerprint density at radius 2 is 1.92 bits per heavy atom. The van der Waals surface area contributed by atoms with E-state index in [0.29, 0.717) is 22.9 Å². The van der Waals surface area contributed by atoms with E-state index in [4.69, 9.17) is 16.3 Å². The highest BCUT2D eigenvalue weighted by Gasteiger charge is 2.23. The van der Waals surface area contributed by atoms with Crippen molar-refractivity contribution < 1.29 is 14.3 Å². The molecule has 0 radical (unpaired) electrons. The van der Waals surface area contributed by atoms with Crippen LogP contribution in [0, 0.1) is 0 Å². The van der Waals surface area contributed by atoms with Gasteiger partial charge >= 0.3 is 0 Å². The molecule has 1 aliphatic heterocycles. The van der Waals surface area contributed by atoms with Gasteiger partial charge in [0.25, 0.3) is 5.91 Å². The molecule has 0 bridgehead atoms. The molecule has 2 aromatic rings. The SMILES string of the molecule is CC(=O)c1ccc2c(c1)N(C(=O)COc1ccc(Cl)cc1)CCC2. The lowest BCUT2D eigenvalue weighted by Crippen LogP contribution is -2.38. The van der Waals surface area contributed by atoms with Crippen LogP contribution >= 0.6 is 11.6 Å². The molecule has 124 valence electrons. The normalized spacial score (nSPS) is 13.3. The first-order valence-electron chi connectivity index (χ1n) is 7.87. The van der Waals surface area contributed by atoms with Crippen LogP contribution in [0.15, 0.2) is 42.5 Å². The summed E-state index contributed by atoms with van der Waals surface area (Å²) in [6, 6.07) is 12.5. The van der Waals surface area contributed by atoms with E-state index in [1.165, 1.54) is 6.92 Å². The predicted molar refractivity (Wildman–Crippen MR) is 94.1 cm³/mol. The van der Waals surface area contributed by atoms with Crippen molar-refractivity contribution in [2.75, 3.05) is 18.1 Å². The van der Waals surface area contributed by atoms with Gasteiger partial charge in [-0.3, -0.25) is 9.59 Å². The maximum atomic E-state index is 12.6. The highest BCUT2D eigenvalue weighted by atomic mass is 35.5. The standard InChI is InChI=1S/C19H18ClNO3/c1-13(22)15-5-4-14-3-2-10-21(18(14)11-15)19(23)12-24-17-8-6-16(20)7-9-17/h4-9,11H,2-3,10,12H2,1H3. The molecule has 24 heavy (non-hydrogen) atoms. The number of rotatable bonds is 4. The van der Waals surface area contributed by atoms with Crippen LogP contribution in [0.3, 0.4) is 0 Å². The third-order valence-electron chi connectivity index (χ3n) is 4.09. The minimum atomic E-state index is -0.119. The number of ketones is 1. The zero-order valence-corrected chi connectivity index (χ0v) is 14.2. The molecule has 3 rings (SSSR count). The third-order valence-corrected chi connectivity index (χ3v) is 4.34. The summed E-state index contributed by atoms with van der Waals surface area (Å²) < 4.78 is 5.55. The first-order chi connectivity index (χ1) is 11.5. The van der Waals surface area contributed by atoms with Crippen molar-refractivity contribution in [3.63, 3.8) is 0 Å². The molecular formula is C19H18ClNO3. The van der Waals surface area contributed by atoms with Crippen LogP contribution in [-0.2, 0) is 11.2 Å². The van der Waals surface area contributed by atoms with E-state index in [9.17, 15) is 9.59 Å². The van der Waals surface area contributed by atoms with Gasteiger partial charge in [-0.1, -0.05) is 23.7 Å². The number of carbonyl (C=O) groups is 2. The van der Waals surface area contributed by atoms with E-state index >= 15 is 0 Å². The van der Waals surface area contributed by atoms with Crippen molar-refractivity contribution in [2.24, 2.45) is 0 Å². The third kappa shape index (κ3) is 3.60. The van der Waals surface area contributed by atoms with Crippen molar-refractivity contribution in [2.45, 2.75) is 19.8 Å². The van der Waals surface area contributed by atoms with Crippen molar-refractivity contribution in [1.82, 2.24) is 0 Å². The monoisotopic (exact) mass is 343 g/mol. The van der Waals surface area contributed by atoms with Gasteiger partial charge in [0.2, 0.25) is 0 Å². The van der Waals surface area contributed by atoms with Gasteiger partial charge in [-0.05, 0) is 55.7 Å². The summed E-state index contributed by atoms with van der Waals surface area (Å²) in [4.78, 5) is 25.9. The zero-order valence-electron chi connectivity index (χ0n) is 13.4. The Bertz CT molecular complexity index is 771. The Morgan fingerprint density at radius 1 is 1.17 bits per heavy atom. The van der Waals surface area contributed by atoms with E-state index in [1.54, 1.807) is 35.2 Å². The number of benzene rings is 2. The number of anilines is 1. The van der Waals surface area contributed by atoms with Gasteiger partial charge in [0.1, 0.15) is 5.75 Å². The van der Waals surface area contributed by atoms with Gasteiger partial charge in [-0.2, -0.15) is 0 Å². The predicted octanol–water partition coefficient (Wildman–Crippen LogP) is 3.90. The van der Waals surface area contributed by atoms with Crippen LogP contribution in [-0.4, -0.2) is 24.8 Å². The molecule has 0 saturated heterocycles. The minimum absolute atomic E-state index is 0.00631. The van der Waals surface area contributed by atoms with E-state index in [-0.39, 0.29) is 18.3 Å². The number of Topliss-reactive ketones (excluding diaryl/α,β-unsaturated/α-hetero) is 1. The molecule has 5 heteroatoms. The van der Waals surface area contributed by atoms with E-state index in [1.807, 2.05) is 12.1 Å². The molecule has 0 spiro atoms. The summed E-state index contributed by atoms with van der Waals surface area (Å²) in [5.74, 6) is 0.474. The Labute approximate surface area is 146 Å². The van der Waals surface area contributed by atoms with E-state index in [2.05, 4.69) is 0 Å². The molecule has 4 nitrogen and oxygen atoms in total. The fourth-order valence-electron chi connectivity index (χ4n) is 2.81. The van der Waals surface area contributed by atoms with Crippen molar-refractivity contribution in [1.29, 1.82) is 0 Å². The van der Waals surface area contributed by atoms with Crippen LogP contribution in [0.5, 0.6) is 5.75 Å². The quantitative estimate of drug-likeness (QED) is 0.791. The average molecular weight is 344 g/mol. The van der Waals surface area contributed by atoms with E-state index in [0.717, 1.165) is 24.1 Å². The second-order valence-electron chi connectivity index (χ2n) is 5.79. The molecule has 1 aliphatic rings. The molecule has 1 heterocycles. The van der Waals surface area contributed by atoms with Crippen LogP contribution < -0.4 is 9.64 Å². The van der Waals surface area contributed by atoms with E-state index < -0.39 is 0 Å². The maximum Gasteiger partial charge on any atom is 0.264 e. The second-order valence-corrected chi connectivity index (χ2v) is 6.23. The first-order valence-corrected chi connectivity index (χ1v) is 8.25. The molecular weight excluding hydrogens is 326 g/mol. The number of aryl methyl sites for hydroxylation is 1. The molecule has 0 unspecified atom stereocenters. The summed E-state index contributed by atoms with van der Waals surface area (Å²) >= 11 is 5.83. The van der Waals surface area contributed by atoms with Crippen LogP contribution in [0.4, 0.5) is 5.69 Å². The number of halogens is 1. The molecule has 0 atom stereocenters. The lowest BCUT2D eigenvalue weighted by atomic mass is 9.98.